The number of nitro groups is 1. The molecule has 2 aromatic carbocycles. The topological polar surface area (TPSA) is 95.7 Å². The number of nitrogens with zero attached hydrogens (tertiary/aromatic N) is 2. The summed E-state index contributed by atoms with van der Waals surface area (Å²) in [6, 6.07) is 11.7. The molecular formula is C13H11N2O5S-. The van der Waals surface area contributed by atoms with Gasteiger partial charge in [0, 0.05) is 12.1 Å². The van der Waals surface area contributed by atoms with Crippen molar-refractivity contribution in [1.29, 1.82) is 0 Å². The maximum Gasteiger partial charge on any atom is 0.269 e. The minimum atomic E-state index is -2.56. The van der Waals surface area contributed by atoms with E-state index in [0.29, 0.717) is 17.1 Å². The van der Waals surface area contributed by atoms with Crippen LogP contribution in [0.15, 0.2) is 48.5 Å². The minimum absolute atomic E-state index is 0.106. The van der Waals surface area contributed by atoms with E-state index >= 15 is 0 Å². The summed E-state index contributed by atoms with van der Waals surface area (Å²) in [5, 5.41) is 10.6. The highest BCUT2D eigenvalue weighted by molar-refractivity contribution is 7.81. The number of methoxy groups -OCH3 is 1. The average Bonchev–Trinajstić information content (AvgIpc) is 2.48. The summed E-state index contributed by atoms with van der Waals surface area (Å²) in [6.45, 7) is 0. The molecule has 0 aliphatic rings. The SMILES string of the molecule is COc1ccc(N(c2ccc([N+](=O)[O-])cc2)S(=O)[O-])cc1. The van der Waals surface area contributed by atoms with Gasteiger partial charge in [-0.05, 0) is 36.4 Å². The van der Waals surface area contributed by atoms with Crippen molar-refractivity contribution in [3.63, 3.8) is 0 Å². The molecule has 0 aromatic heterocycles. The monoisotopic (exact) mass is 307 g/mol. The number of nitro benzene ring substituents is 1. The molecule has 0 N–H and O–H groups in total. The molecule has 1 atom stereocenters. The van der Waals surface area contributed by atoms with Crippen LogP contribution in [0.4, 0.5) is 17.1 Å². The zero-order chi connectivity index (χ0) is 15.4. The van der Waals surface area contributed by atoms with Gasteiger partial charge in [-0.25, -0.2) is 0 Å². The van der Waals surface area contributed by atoms with Gasteiger partial charge in [-0.1, -0.05) is 0 Å². The van der Waals surface area contributed by atoms with Crippen LogP contribution in [0.3, 0.4) is 0 Å². The van der Waals surface area contributed by atoms with Crippen LogP contribution in [0.1, 0.15) is 0 Å². The Morgan fingerprint density at radius 1 is 1.05 bits per heavy atom. The zero-order valence-corrected chi connectivity index (χ0v) is 11.8. The molecular weight excluding hydrogens is 296 g/mol. The lowest BCUT2D eigenvalue weighted by Crippen LogP contribution is -2.19. The maximum absolute atomic E-state index is 11.4. The fourth-order valence-electron chi connectivity index (χ4n) is 1.75. The molecule has 110 valence electrons. The molecule has 0 saturated heterocycles. The molecule has 2 rings (SSSR count). The molecule has 0 radical (unpaired) electrons. The quantitative estimate of drug-likeness (QED) is 0.480. The summed E-state index contributed by atoms with van der Waals surface area (Å²) in [7, 11) is 1.51. The van der Waals surface area contributed by atoms with Crippen molar-refractivity contribution in [2.75, 3.05) is 11.4 Å². The molecule has 0 spiro atoms. The van der Waals surface area contributed by atoms with Gasteiger partial charge in [0.15, 0.2) is 0 Å². The average molecular weight is 307 g/mol. The Labute approximate surface area is 123 Å². The predicted octanol–water partition coefficient (Wildman–Crippen LogP) is 2.54. The van der Waals surface area contributed by atoms with Gasteiger partial charge in [0.05, 0.1) is 34.7 Å². The largest absolute Gasteiger partial charge is 0.755 e. The van der Waals surface area contributed by atoms with Crippen LogP contribution in [0.25, 0.3) is 0 Å². The molecule has 1 unspecified atom stereocenters. The van der Waals surface area contributed by atoms with E-state index in [2.05, 4.69) is 0 Å². The Bertz CT molecular complexity index is 657. The van der Waals surface area contributed by atoms with Gasteiger partial charge < -0.3 is 9.29 Å². The highest BCUT2D eigenvalue weighted by Crippen LogP contribution is 2.29. The molecule has 0 saturated carbocycles. The summed E-state index contributed by atoms with van der Waals surface area (Å²) < 4.78 is 28.9. The predicted molar refractivity (Wildman–Crippen MR) is 77.1 cm³/mol. The molecule has 0 fully saturated rings. The van der Waals surface area contributed by atoms with Gasteiger partial charge in [0.1, 0.15) is 5.75 Å². The highest BCUT2D eigenvalue weighted by atomic mass is 32.2. The number of hydrogen-bond acceptors (Lipinski definition) is 5. The van der Waals surface area contributed by atoms with Crippen molar-refractivity contribution < 1.29 is 18.4 Å². The second kappa shape index (κ2) is 6.33. The first-order valence-electron chi connectivity index (χ1n) is 5.81. The van der Waals surface area contributed by atoms with Crippen LogP contribution in [-0.2, 0) is 11.3 Å². The van der Waals surface area contributed by atoms with E-state index in [4.69, 9.17) is 4.74 Å². The van der Waals surface area contributed by atoms with Crippen LogP contribution in [0.5, 0.6) is 5.75 Å². The Morgan fingerprint density at radius 3 is 1.90 bits per heavy atom. The number of anilines is 2. The second-order valence-electron chi connectivity index (χ2n) is 3.98. The standard InChI is InChI=1S/C13H12N2O5S/c1-20-13-8-6-11(7-9-13)14(21(18)19)10-2-4-12(5-3-10)15(16)17/h2-9H,1H3,(H,18,19)/p-1. The van der Waals surface area contributed by atoms with Crippen LogP contribution in [0, 0.1) is 10.1 Å². The van der Waals surface area contributed by atoms with Crippen LogP contribution in [-0.4, -0.2) is 20.8 Å². The first-order chi connectivity index (χ1) is 10.0. The zero-order valence-electron chi connectivity index (χ0n) is 11.0. The van der Waals surface area contributed by atoms with E-state index in [1.54, 1.807) is 24.3 Å². The van der Waals surface area contributed by atoms with Gasteiger partial charge >= 0.3 is 0 Å². The minimum Gasteiger partial charge on any atom is -0.755 e. The Balaban J connectivity index is 2.38. The maximum atomic E-state index is 11.4. The lowest BCUT2D eigenvalue weighted by atomic mass is 10.2. The number of hydrogen-bond donors (Lipinski definition) is 0. The van der Waals surface area contributed by atoms with Gasteiger partial charge in [0.25, 0.3) is 5.69 Å². The van der Waals surface area contributed by atoms with E-state index in [-0.39, 0.29) is 5.69 Å². The van der Waals surface area contributed by atoms with Gasteiger partial charge in [-0.2, -0.15) is 0 Å². The van der Waals surface area contributed by atoms with E-state index in [0.717, 1.165) is 4.31 Å². The lowest BCUT2D eigenvalue weighted by molar-refractivity contribution is -0.384. The molecule has 2 aromatic rings. The first kappa shape index (κ1) is 14.9. The molecule has 8 heteroatoms. The van der Waals surface area contributed by atoms with E-state index in [1.807, 2.05) is 0 Å². The smallest absolute Gasteiger partial charge is 0.269 e. The van der Waals surface area contributed by atoms with E-state index in [9.17, 15) is 18.9 Å². The van der Waals surface area contributed by atoms with Crippen molar-refractivity contribution >= 4 is 28.3 Å². The Hall–Kier alpha value is -2.45. The molecule has 0 bridgehead atoms. The van der Waals surface area contributed by atoms with E-state index < -0.39 is 16.2 Å². The molecule has 7 nitrogen and oxygen atoms in total. The number of benzene rings is 2. The van der Waals surface area contributed by atoms with Crippen molar-refractivity contribution in [2.45, 2.75) is 0 Å². The Kier molecular flexibility index (Phi) is 4.51. The summed E-state index contributed by atoms with van der Waals surface area (Å²) >= 11 is -2.56. The lowest BCUT2D eigenvalue weighted by Gasteiger charge is -2.26. The molecule has 0 aliphatic heterocycles. The first-order valence-corrected chi connectivity index (χ1v) is 6.84. The van der Waals surface area contributed by atoms with Crippen LogP contribution in [0.2, 0.25) is 0 Å². The van der Waals surface area contributed by atoms with Gasteiger partial charge in [-0.15, -0.1) is 0 Å². The van der Waals surface area contributed by atoms with Gasteiger partial charge in [-0.3, -0.25) is 18.6 Å². The van der Waals surface area contributed by atoms with Crippen molar-refractivity contribution in [3.8, 4) is 5.75 Å². The number of ether oxygens (including phenoxy) is 1. The summed E-state index contributed by atoms with van der Waals surface area (Å²) in [6.07, 6.45) is 0. The fraction of sp³-hybridized carbons (Fsp3) is 0.0769. The van der Waals surface area contributed by atoms with Crippen molar-refractivity contribution in [2.24, 2.45) is 0 Å². The summed E-state index contributed by atoms with van der Waals surface area (Å²) in [4.78, 5) is 10.1. The third-order valence-corrected chi connectivity index (χ3v) is 3.47. The van der Waals surface area contributed by atoms with Crippen LogP contribution < -0.4 is 9.04 Å². The normalized spacial score (nSPS) is 11.7. The molecule has 21 heavy (non-hydrogen) atoms. The molecule has 0 aliphatic carbocycles. The third kappa shape index (κ3) is 3.36. The number of non-ortho nitro benzene ring substituents is 1. The van der Waals surface area contributed by atoms with Gasteiger partial charge in [0.2, 0.25) is 0 Å². The van der Waals surface area contributed by atoms with E-state index in [1.165, 1.54) is 31.4 Å². The second-order valence-corrected chi connectivity index (χ2v) is 4.78. The molecule has 0 amide bonds. The third-order valence-electron chi connectivity index (χ3n) is 2.75. The Morgan fingerprint density at radius 2 is 1.52 bits per heavy atom. The summed E-state index contributed by atoms with van der Waals surface area (Å²) in [5.41, 5.74) is 0.599. The molecule has 0 heterocycles. The number of rotatable bonds is 5. The van der Waals surface area contributed by atoms with Crippen molar-refractivity contribution in [3.05, 3.63) is 58.6 Å². The van der Waals surface area contributed by atoms with Crippen molar-refractivity contribution in [1.82, 2.24) is 0 Å². The highest BCUT2D eigenvalue weighted by Gasteiger charge is 2.12. The fourth-order valence-corrected chi connectivity index (χ4v) is 2.34. The summed E-state index contributed by atoms with van der Waals surface area (Å²) in [5.74, 6) is 0.596. The van der Waals surface area contributed by atoms with Crippen LogP contribution >= 0.6 is 0 Å².